The predicted octanol–water partition coefficient (Wildman–Crippen LogP) is 1.83. The fraction of sp³-hybridized carbons (Fsp3) is 0.533. The standard InChI is InChI=1S/C15H22N2O/c1-13(18)16-15-8-11-17(12-9-15)10-7-14-5-3-2-4-6-14/h2-6,15H,7-12H2,1H3,(H,16,18). The summed E-state index contributed by atoms with van der Waals surface area (Å²) in [7, 11) is 0. The Balaban J connectivity index is 1.69. The maximum absolute atomic E-state index is 11.0. The molecule has 0 aliphatic carbocycles. The average molecular weight is 246 g/mol. The van der Waals surface area contributed by atoms with Gasteiger partial charge in [0.05, 0.1) is 0 Å². The Hall–Kier alpha value is -1.35. The minimum Gasteiger partial charge on any atom is -0.354 e. The van der Waals surface area contributed by atoms with Gasteiger partial charge in [-0.3, -0.25) is 4.79 Å². The van der Waals surface area contributed by atoms with Crippen molar-refractivity contribution in [1.29, 1.82) is 0 Å². The lowest BCUT2D eigenvalue weighted by Gasteiger charge is -2.32. The van der Waals surface area contributed by atoms with Crippen LogP contribution in [0.1, 0.15) is 25.3 Å². The largest absolute Gasteiger partial charge is 0.354 e. The Labute approximate surface area is 109 Å². The van der Waals surface area contributed by atoms with Crippen LogP contribution in [0.5, 0.6) is 0 Å². The van der Waals surface area contributed by atoms with Gasteiger partial charge in [-0.15, -0.1) is 0 Å². The van der Waals surface area contributed by atoms with Crippen LogP contribution in [0.3, 0.4) is 0 Å². The van der Waals surface area contributed by atoms with Crippen molar-refractivity contribution >= 4 is 5.91 Å². The van der Waals surface area contributed by atoms with E-state index in [1.165, 1.54) is 5.56 Å². The summed E-state index contributed by atoms with van der Waals surface area (Å²) in [4.78, 5) is 13.5. The smallest absolute Gasteiger partial charge is 0.217 e. The van der Waals surface area contributed by atoms with Crippen molar-refractivity contribution in [2.24, 2.45) is 0 Å². The summed E-state index contributed by atoms with van der Waals surface area (Å²) >= 11 is 0. The maximum atomic E-state index is 11.0. The van der Waals surface area contributed by atoms with Gasteiger partial charge in [0.2, 0.25) is 5.91 Å². The highest BCUT2D eigenvalue weighted by molar-refractivity contribution is 5.73. The van der Waals surface area contributed by atoms with E-state index in [0.29, 0.717) is 6.04 Å². The molecular weight excluding hydrogens is 224 g/mol. The zero-order valence-corrected chi connectivity index (χ0v) is 11.1. The summed E-state index contributed by atoms with van der Waals surface area (Å²) in [5.74, 6) is 0.0951. The zero-order chi connectivity index (χ0) is 12.8. The van der Waals surface area contributed by atoms with E-state index in [-0.39, 0.29) is 5.91 Å². The SMILES string of the molecule is CC(=O)NC1CCN(CCc2ccccc2)CC1. The van der Waals surface area contributed by atoms with Gasteiger partial charge in [0, 0.05) is 32.6 Å². The number of hydrogen-bond acceptors (Lipinski definition) is 2. The topological polar surface area (TPSA) is 32.3 Å². The molecule has 1 aromatic carbocycles. The van der Waals surface area contributed by atoms with Gasteiger partial charge in [0.1, 0.15) is 0 Å². The summed E-state index contributed by atoms with van der Waals surface area (Å²) in [6.07, 6.45) is 3.27. The number of carbonyl (C=O) groups is 1. The first-order valence-electron chi connectivity index (χ1n) is 6.77. The van der Waals surface area contributed by atoms with E-state index in [0.717, 1.165) is 38.9 Å². The Morgan fingerprint density at radius 2 is 1.94 bits per heavy atom. The number of benzene rings is 1. The van der Waals surface area contributed by atoms with Gasteiger partial charge in [-0.2, -0.15) is 0 Å². The molecule has 3 nitrogen and oxygen atoms in total. The number of rotatable bonds is 4. The lowest BCUT2D eigenvalue weighted by atomic mass is 10.0. The van der Waals surface area contributed by atoms with Crippen molar-refractivity contribution in [3.05, 3.63) is 35.9 Å². The van der Waals surface area contributed by atoms with Crippen LogP contribution in [0.2, 0.25) is 0 Å². The number of piperidine rings is 1. The monoisotopic (exact) mass is 246 g/mol. The Kier molecular flexibility index (Phi) is 4.76. The number of hydrogen-bond donors (Lipinski definition) is 1. The van der Waals surface area contributed by atoms with Crippen molar-refractivity contribution < 1.29 is 4.79 Å². The summed E-state index contributed by atoms with van der Waals surface area (Å²) in [6.45, 7) is 4.91. The molecular formula is C15H22N2O. The van der Waals surface area contributed by atoms with Crippen LogP contribution < -0.4 is 5.32 Å². The molecule has 0 saturated carbocycles. The van der Waals surface area contributed by atoms with Crippen LogP contribution in [0.4, 0.5) is 0 Å². The lowest BCUT2D eigenvalue weighted by molar-refractivity contribution is -0.119. The van der Waals surface area contributed by atoms with E-state index in [9.17, 15) is 4.79 Å². The Morgan fingerprint density at radius 3 is 2.56 bits per heavy atom. The number of nitrogens with zero attached hydrogens (tertiary/aromatic N) is 1. The van der Waals surface area contributed by atoms with E-state index in [1.54, 1.807) is 6.92 Å². The van der Waals surface area contributed by atoms with Gasteiger partial charge >= 0.3 is 0 Å². The summed E-state index contributed by atoms with van der Waals surface area (Å²) in [5.41, 5.74) is 1.40. The fourth-order valence-corrected chi connectivity index (χ4v) is 2.52. The third-order valence-electron chi connectivity index (χ3n) is 3.55. The second-order valence-corrected chi connectivity index (χ2v) is 5.05. The van der Waals surface area contributed by atoms with E-state index in [1.807, 2.05) is 0 Å². The van der Waals surface area contributed by atoms with Crippen molar-refractivity contribution in [2.75, 3.05) is 19.6 Å². The molecule has 18 heavy (non-hydrogen) atoms. The van der Waals surface area contributed by atoms with Gasteiger partial charge in [-0.25, -0.2) is 0 Å². The third-order valence-corrected chi connectivity index (χ3v) is 3.55. The molecule has 1 fully saturated rings. The second kappa shape index (κ2) is 6.55. The van der Waals surface area contributed by atoms with Crippen LogP contribution >= 0.6 is 0 Å². The summed E-state index contributed by atoms with van der Waals surface area (Å²) < 4.78 is 0. The maximum Gasteiger partial charge on any atom is 0.217 e. The molecule has 1 aromatic rings. The zero-order valence-electron chi connectivity index (χ0n) is 11.1. The van der Waals surface area contributed by atoms with Crippen LogP contribution in [0, 0.1) is 0 Å². The molecule has 1 N–H and O–H groups in total. The second-order valence-electron chi connectivity index (χ2n) is 5.05. The molecule has 0 atom stereocenters. The average Bonchev–Trinajstić information content (AvgIpc) is 2.38. The third kappa shape index (κ3) is 4.15. The van der Waals surface area contributed by atoms with Gasteiger partial charge in [-0.05, 0) is 24.8 Å². The van der Waals surface area contributed by atoms with Gasteiger partial charge in [0.25, 0.3) is 0 Å². The fourth-order valence-electron chi connectivity index (χ4n) is 2.52. The molecule has 1 amide bonds. The molecule has 0 spiro atoms. The van der Waals surface area contributed by atoms with E-state index < -0.39 is 0 Å². The summed E-state index contributed by atoms with van der Waals surface area (Å²) in [5, 5.41) is 3.01. The van der Waals surface area contributed by atoms with E-state index in [4.69, 9.17) is 0 Å². The normalized spacial score (nSPS) is 17.6. The minimum absolute atomic E-state index is 0.0951. The van der Waals surface area contributed by atoms with Gasteiger partial charge in [-0.1, -0.05) is 30.3 Å². The molecule has 98 valence electrons. The molecule has 3 heteroatoms. The van der Waals surface area contributed by atoms with Crippen molar-refractivity contribution in [2.45, 2.75) is 32.2 Å². The first-order valence-corrected chi connectivity index (χ1v) is 6.77. The van der Waals surface area contributed by atoms with Crippen LogP contribution in [-0.4, -0.2) is 36.5 Å². The van der Waals surface area contributed by atoms with E-state index >= 15 is 0 Å². The molecule has 0 radical (unpaired) electrons. The number of nitrogens with one attached hydrogen (secondary N) is 1. The van der Waals surface area contributed by atoms with Crippen molar-refractivity contribution in [3.63, 3.8) is 0 Å². The Morgan fingerprint density at radius 1 is 1.28 bits per heavy atom. The number of carbonyl (C=O) groups excluding carboxylic acids is 1. The molecule has 0 bridgehead atoms. The van der Waals surface area contributed by atoms with Crippen LogP contribution in [-0.2, 0) is 11.2 Å². The minimum atomic E-state index is 0.0951. The van der Waals surface area contributed by atoms with Gasteiger partial charge in [0.15, 0.2) is 0 Å². The Bertz CT molecular complexity index is 369. The molecule has 1 aliphatic heterocycles. The number of likely N-dealkylation sites (tertiary alicyclic amines) is 1. The van der Waals surface area contributed by atoms with Crippen molar-refractivity contribution in [3.8, 4) is 0 Å². The summed E-state index contributed by atoms with van der Waals surface area (Å²) in [6, 6.07) is 11.0. The molecule has 2 rings (SSSR count). The quantitative estimate of drug-likeness (QED) is 0.879. The molecule has 0 aromatic heterocycles. The predicted molar refractivity (Wildman–Crippen MR) is 73.4 cm³/mol. The van der Waals surface area contributed by atoms with Crippen molar-refractivity contribution in [1.82, 2.24) is 10.2 Å². The molecule has 1 heterocycles. The molecule has 1 aliphatic rings. The molecule has 1 saturated heterocycles. The highest BCUT2D eigenvalue weighted by atomic mass is 16.1. The molecule has 0 unspecified atom stereocenters. The van der Waals surface area contributed by atoms with E-state index in [2.05, 4.69) is 40.5 Å². The first-order chi connectivity index (χ1) is 8.74. The lowest BCUT2D eigenvalue weighted by Crippen LogP contribution is -2.44. The first kappa shape index (κ1) is 13.1. The van der Waals surface area contributed by atoms with Crippen LogP contribution in [0.15, 0.2) is 30.3 Å². The van der Waals surface area contributed by atoms with Crippen LogP contribution in [0.25, 0.3) is 0 Å². The highest BCUT2D eigenvalue weighted by Crippen LogP contribution is 2.11. The highest BCUT2D eigenvalue weighted by Gasteiger charge is 2.19. The van der Waals surface area contributed by atoms with Gasteiger partial charge < -0.3 is 10.2 Å². The number of amides is 1.